The highest BCUT2D eigenvalue weighted by atomic mass is 16.6. The number of carbonyl (C=O) groups is 1. The van der Waals surface area contributed by atoms with Gasteiger partial charge in [-0.15, -0.1) is 0 Å². The molecule has 0 aliphatic rings. The highest BCUT2D eigenvalue weighted by molar-refractivity contribution is 6.03. The Bertz CT molecular complexity index is 451. The minimum atomic E-state index is -0.990. The summed E-state index contributed by atoms with van der Waals surface area (Å²) in [5.41, 5.74) is -0.107. The number of amides is 1. The maximum absolute atomic E-state index is 10.9. The van der Waals surface area contributed by atoms with Crippen molar-refractivity contribution in [3.63, 3.8) is 0 Å². The van der Waals surface area contributed by atoms with Gasteiger partial charge in [0.15, 0.2) is 6.07 Å². The van der Waals surface area contributed by atoms with Crippen LogP contribution in [0.1, 0.15) is 0 Å². The van der Waals surface area contributed by atoms with Gasteiger partial charge in [0.2, 0.25) is 0 Å². The van der Waals surface area contributed by atoms with Crippen LogP contribution in [0.5, 0.6) is 0 Å². The van der Waals surface area contributed by atoms with E-state index in [4.69, 9.17) is 11.1 Å². The van der Waals surface area contributed by atoms with Crippen molar-refractivity contribution in [2.45, 2.75) is 0 Å². The zero-order valence-electron chi connectivity index (χ0n) is 7.45. The fraction of sp³-hybridized carbons (Fsp3) is 0. The topological polar surface area (TPSA) is 113 Å². The average molecular weight is 206 g/mol. The highest BCUT2D eigenvalue weighted by Crippen LogP contribution is 2.18. The quantitative estimate of drug-likeness (QED) is 0.246. The van der Waals surface area contributed by atoms with E-state index in [0.29, 0.717) is 5.01 Å². The van der Waals surface area contributed by atoms with Crippen LogP contribution in [0.25, 0.3) is 0 Å². The molecule has 0 bridgehead atoms. The Labute approximate surface area is 84.4 Å². The van der Waals surface area contributed by atoms with Crippen molar-refractivity contribution < 1.29 is 9.72 Å². The normalized spacial score (nSPS) is 9.07. The molecule has 0 saturated carbocycles. The summed E-state index contributed by atoms with van der Waals surface area (Å²) in [5.74, 6) is 4.27. The Balaban J connectivity index is 3.06. The van der Waals surface area contributed by atoms with Crippen molar-refractivity contribution in [1.82, 2.24) is 0 Å². The molecular weight excluding hydrogens is 200 g/mol. The summed E-state index contributed by atoms with van der Waals surface area (Å²) in [6, 6.07) is 6.43. The molecule has 0 heterocycles. The molecule has 0 aromatic heterocycles. The number of nitrogens with zero attached hydrogens (tertiary/aromatic N) is 3. The van der Waals surface area contributed by atoms with Gasteiger partial charge in [-0.25, -0.2) is 10.9 Å². The third-order valence-corrected chi connectivity index (χ3v) is 1.63. The Morgan fingerprint density at radius 2 is 2.27 bits per heavy atom. The smallest absolute Gasteiger partial charge is 0.258 e. The lowest BCUT2D eigenvalue weighted by Crippen LogP contribution is -2.36. The van der Waals surface area contributed by atoms with Crippen molar-refractivity contribution in [3.05, 3.63) is 34.4 Å². The number of benzene rings is 1. The van der Waals surface area contributed by atoms with Crippen molar-refractivity contribution in [2.24, 2.45) is 5.84 Å². The number of anilines is 1. The van der Waals surface area contributed by atoms with Crippen LogP contribution in [0.3, 0.4) is 0 Å². The number of non-ortho nitro benzene ring substituents is 1. The van der Waals surface area contributed by atoms with E-state index in [1.807, 2.05) is 0 Å². The molecule has 2 N–H and O–H groups in total. The molecule has 1 amide bonds. The van der Waals surface area contributed by atoms with Gasteiger partial charge in [0.25, 0.3) is 5.69 Å². The third-order valence-electron chi connectivity index (χ3n) is 1.63. The van der Waals surface area contributed by atoms with Crippen molar-refractivity contribution in [2.75, 3.05) is 5.01 Å². The van der Waals surface area contributed by atoms with E-state index in [9.17, 15) is 14.9 Å². The molecule has 0 atom stereocenters. The second kappa shape index (κ2) is 4.17. The summed E-state index contributed by atoms with van der Waals surface area (Å²) in [5, 5.41) is 19.2. The van der Waals surface area contributed by atoms with E-state index in [2.05, 4.69) is 0 Å². The number of nitriles is 1. The minimum Gasteiger partial charge on any atom is -0.258 e. The van der Waals surface area contributed by atoms with Gasteiger partial charge in [-0.2, -0.15) is 5.26 Å². The van der Waals surface area contributed by atoms with Crippen LogP contribution < -0.4 is 10.9 Å². The van der Waals surface area contributed by atoms with E-state index in [-0.39, 0.29) is 11.4 Å². The predicted octanol–water partition coefficient (Wildman–Crippen LogP) is 0.325. The molecule has 1 rings (SSSR count). The molecule has 0 unspecified atom stereocenters. The zero-order chi connectivity index (χ0) is 11.4. The summed E-state index contributed by atoms with van der Waals surface area (Å²) < 4.78 is 0. The Hall–Kier alpha value is -2.46. The Morgan fingerprint density at radius 3 is 2.80 bits per heavy atom. The second-order valence-corrected chi connectivity index (χ2v) is 2.56. The van der Waals surface area contributed by atoms with Gasteiger partial charge in [-0.05, 0) is 6.07 Å². The van der Waals surface area contributed by atoms with Crippen LogP contribution in [0.2, 0.25) is 0 Å². The largest absolute Gasteiger partial charge is 0.343 e. The lowest BCUT2D eigenvalue weighted by atomic mass is 10.3. The number of rotatable bonds is 2. The molecule has 0 fully saturated rings. The van der Waals surface area contributed by atoms with Gasteiger partial charge in [0.05, 0.1) is 10.6 Å². The van der Waals surface area contributed by atoms with E-state index in [0.717, 1.165) is 6.07 Å². The molecule has 0 radical (unpaired) electrons. The summed E-state index contributed by atoms with van der Waals surface area (Å²) in [7, 11) is 0. The number of carbonyl (C=O) groups excluding carboxylic acids is 1. The maximum Gasteiger partial charge on any atom is 0.343 e. The SMILES string of the molecule is N#CC(=O)N(N)c1cccc([N+](=O)[O-])c1. The average Bonchev–Trinajstić information content (AvgIpc) is 2.27. The number of nitrogens with two attached hydrogens (primary N) is 1. The molecule has 0 aliphatic heterocycles. The molecule has 1 aromatic rings. The molecule has 7 heteroatoms. The van der Waals surface area contributed by atoms with Crippen LogP contribution in [-0.2, 0) is 4.79 Å². The summed E-state index contributed by atoms with van der Waals surface area (Å²) in [6.07, 6.45) is 0. The van der Waals surface area contributed by atoms with Crippen molar-refractivity contribution in [1.29, 1.82) is 5.26 Å². The van der Waals surface area contributed by atoms with Gasteiger partial charge in [0, 0.05) is 12.1 Å². The first-order valence-corrected chi connectivity index (χ1v) is 3.79. The molecule has 0 aliphatic carbocycles. The highest BCUT2D eigenvalue weighted by Gasteiger charge is 2.13. The van der Waals surface area contributed by atoms with Gasteiger partial charge < -0.3 is 0 Å². The first-order chi connectivity index (χ1) is 7.06. The van der Waals surface area contributed by atoms with Crippen molar-refractivity contribution >= 4 is 17.3 Å². The van der Waals surface area contributed by atoms with E-state index in [1.165, 1.54) is 24.3 Å². The molecule has 1 aromatic carbocycles. The van der Waals surface area contributed by atoms with Crippen molar-refractivity contribution in [3.8, 4) is 6.07 Å². The zero-order valence-corrected chi connectivity index (χ0v) is 7.45. The van der Waals surface area contributed by atoms with E-state index in [1.54, 1.807) is 0 Å². The fourth-order valence-electron chi connectivity index (χ4n) is 0.928. The van der Waals surface area contributed by atoms with Gasteiger partial charge in [0.1, 0.15) is 0 Å². The van der Waals surface area contributed by atoms with E-state index >= 15 is 0 Å². The number of hydrogen-bond acceptors (Lipinski definition) is 5. The Morgan fingerprint density at radius 1 is 1.60 bits per heavy atom. The molecule has 0 spiro atoms. The second-order valence-electron chi connectivity index (χ2n) is 2.56. The fourth-order valence-corrected chi connectivity index (χ4v) is 0.928. The summed E-state index contributed by atoms with van der Waals surface area (Å²) in [4.78, 5) is 20.7. The van der Waals surface area contributed by atoms with Crippen LogP contribution >= 0.6 is 0 Å². The van der Waals surface area contributed by atoms with Gasteiger partial charge in [-0.1, -0.05) is 6.07 Å². The molecule has 15 heavy (non-hydrogen) atoms. The minimum absolute atomic E-state index is 0.0933. The lowest BCUT2D eigenvalue weighted by molar-refractivity contribution is -0.384. The monoisotopic (exact) mass is 206 g/mol. The first kappa shape index (κ1) is 10.6. The number of nitro benzene ring substituents is 1. The Kier molecular flexibility index (Phi) is 2.95. The van der Waals surface area contributed by atoms with Crippen LogP contribution in [0.15, 0.2) is 24.3 Å². The molecule has 76 valence electrons. The standard InChI is InChI=1S/C8H6N4O3/c9-5-8(13)11(10)6-2-1-3-7(4-6)12(14)15/h1-4H,10H2. The van der Waals surface area contributed by atoms with E-state index < -0.39 is 10.8 Å². The van der Waals surface area contributed by atoms with Crippen LogP contribution in [0.4, 0.5) is 11.4 Å². The predicted molar refractivity (Wildman–Crippen MR) is 50.4 cm³/mol. The maximum atomic E-state index is 10.9. The number of hydrazine groups is 1. The van der Waals surface area contributed by atoms with Crippen LogP contribution in [-0.4, -0.2) is 10.8 Å². The molecule has 0 saturated heterocycles. The first-order valence-electron chi connectivity index (χ1n) is 3.79. The molecular formula is C8H6N4O3. The summed E-state index contributed by atoms with van der Waals surface area (Å²) in [6.45, 7) is 0. The molecule has 7 nitrogen and oxygen atoms in total. The van der Waals surface area contributed by atoms with Crippen LogP contribution in [0, 0.1) is 21.4 Å². The lowest BCUT2D eigenvalue weighted by Gasteiger charge is -2.11. The number of nitro groups is 1. The van der Waals surface area contributed by atoms with Gasteiger partial charge in [-0.3, -0.25) is 14.9 Å². The van der Waals surface area contributed by atoms with Gasteiger partial charge >= 0.3 is 5.91 Å². The number of hydrogen-bond donors (Lipinski definition) is 1. The summed E-state index contributed by atoms with van der Waals surface area (Å²) >= 11 is 0. The third kappa shape index (κ3) is 2.26.